The van der Waals surface area contributed by atoms with Crippen molar-refractivity contribution in [3.63, 3.8) is 0 Å². The fourth-order valence-corrected chi connectivity index (χ4v) is 5.73. The highest BCUT2D eigenvalue weighted by atomic mass is 32.2. The first-order valence-electron chi connectivity index (χ1n) is 8.93. The van der Waals surface area contributed by atoms with Crippen molar-refractivity contribution >= 4 is 50.1 Å². The Morgan fingerprint density at radius 1 is 1.21 bits per heavy atom. The summed E-state index contributed by atoms with van der Waals surface area (Å²) in [5.74, 6) is -0.654. The van der Waals surface area contributed by atoms with Gasteiger partial charge in [-0.05, 0) is 44.0 Å². The molecule has 1 fully saturated rings. The number of ether oxygens (including phenoxy) is 1. The van der Waals surface area contributed by atoms with Crippen LogP contribution in [0, 0.1) is 0 Å². The minimum Gasteiger partial charge on any atom is -0.465 e. The van der Waals surface area contributed by atoms with Gasteiger partial charge in [0, 0.05) is 18.7 Å². The number of nitrogens with one attached hydrogen (secondary N) is 1. The second kappa shape index (κ2) is 9.65. The van der Waals surface area contributed by atoms with Gasteiger partial charge in [0.1, 0.15) is 0 Å². The van der Waals surface area contributed by atoms with E-state index in [1.54, 1.807) is 6.92 Å². The van der Waals surface area contributed by atoms with Crippen molar-refractivity contribution in [1.82, 2.24) is 14.5 Å². The molecule has 1 aliphatic heterocycles. The van der Waals surface area contributed by atoms with E-state index < -0.39 is 15.9 Å². The number of carbonyl (C=O) groups excluding carboxylic acids is 2. The first-order chi connectivity index (χ1) is 13.9. The van der Waals surface area contributed by atoms with Gasteiger partial charge in [0.2, 0.25) is 15.2 Å². The second-order valence-electron chi connectivity index (χ2n) is 6.06. The SMILES string of the molecule is CCOC(=O)CSc1nnc(NC(=O)c2ccc(S(=O)(=O)N3CCCC3)cc2)s1. The number of rotatable bonds is 8. The van der Waals surface area contributed by atoms with Gasteiger partial charge in [0.15, 0.2) is 4.34 Å². The monoisotopic (exact) mass is 456 g/mol. The van der Waals surface area contributed by atoms with Crippen LogP contribution in [0.4, 0.5) is 5.13 Å². The third-order valence-corrected chi connectivity index (χ3v) is 7.92. The van der Waals surface area contributed by atoms with Gasteiger partial charge in [-0.3, -0.25) is 14.9 Å². The van der Waals surface area contributed by atoms with Crippen molar-refractivity contribution in [3.8, 4) is 0 Å². The van der Waals surface area contributed by atoms with Crippen LogP contribution in [0.3, 0.4) is 0 Å². The molecule has 0 aliphatic carbocycles. The van der Waals surface area contributed by atoms with Gasteiger partial charge < -0.3 is 4.74 Å². The number of hydrogen-bond acceptors (Lipinski definition) is 9. The average molecular weight is 457 g/mol. The zero-order valence-corrected chi connectivity index (χ0v) is 18.1. The van der Waals surface area contributed by atoms with Gasteiger partial charge in [-0.1, -0.05) is 23.1 Å². The summed E-state index contributed by atoms with van der Waals surface area (Å²) in [4.78, 5) is 23.9. The minimum absolute atomic E-state index is 0.114. The third-order valence-electron chi connectivity index (χ3n) is 4.07. The van der Waals surface area contributed by atoms with Gasteiger partial charge >= 0.3 is 5.97 Å². The molecule has 0 bridgehead atoms. The summed E-state index contributed by atoms with van der Waals surface area (Å²) in [7, 11) is -3.51. The molecule has 1 amide bonds. The Labute approximate surface area is 176 Å². The van der Waals surface area contributed by atoms with Crippen molar-refractivity contribution in [1.29, 1.82) is 0 Å². The number of aromatic nitrogens is 2. The van der Waals surface area contributed by atoms with E-state index in [9.17, 15) is 18.0 Å². The van der Waals surface area contributed by atoms with Crippen molar-refractivity contribution in [2.24, 2.45) is 0 Å². The molecule has 0 unspecified atom stereocenters. The Morgan fingerprint density at radius 3 is 2.55 bits per heavy atom. The standard InChI is InChI=1S/C17H20N4O5S3/c1-2-26-14(22)11-27-17-20-19-16(28-17)18-15(23)12-5-7-13(8-6-12)29(24,25)21-9-3-4-10-21/h5-8H,2-4,9-11H2,1H3,(H,18,19,23). The molecule has 156 valence electrons. The van der Waals surface area contributed by atoms with Crippen LogP contribution in [0.2, 0.25) is 0 Å². The minimum atomic E-state index is -3.51. The quantitative estimate of drug-likeness (QED) is 0.365. The lowest BCUT2D eigenvalue weighted by Crippen LogP contribution is -2.27. The summed E-state index contributed by atoms with van der Waals surface area (Å²) in [6.45, 7) is 3.10. The van der Waals surface area contributed by atoms with Crippen LogP contribution >= 0.6 is 23.1 Å². The molecule has 9 nitrogen and oxygen atoms in total. The van der Waals surface area contributed by atoms with E-state index in [0.29, 0.717) is 29.6 Å². The molecule has 0 spiro atoms. The largest absolute Gasteiger partial charge is 0.465 e. The third kappa shape index (κ3) is 5.53. The molecule has 1 aromatic heterocycles. The number of hydrogen-bond donors (Lipinski definition) is 1. The maximum absolute atomic E-state index is 12.5. The predicted octanol–water partition coefficient (Wildman–Crippen LogP) is 2.23. The molecule has 12 heteroatoms. The number of thioether (sulfide) groups is 1. The summed E-state index contributed by atoms with van der Waals surface area (Å²) >= 11 is 2.32. The smallest absolute Gasteiger partial charge is 0.316 e. The maximum Gasteiger partial charge on any atom is 0.316 e. The number of esters is 1. The van der Waals surface area contributed by atoms with Crippen LogP contribution in [-0.4, -0.2) is 60.2 Å². The zero-order valence-electron chi connectivity index (χ0n) is 15.7. The van der Waals surface area contributed by atoms with Crippen LogP contribution in [0.5, 0.6) is 0 Å². The first kappa shape index (κ1) is 21.7. The summed E-state index contributed by atoms with van der Waals surface area (Å²) in [5, 5.41) is 10.7. The average Bonchev–Trinajstić information content (AvgIpc) is 3.39. The van der Waals surface area contributed by atoms with Gasteiger partial charge in [0.05, 0.1) is 17.3 Å². The number of carbonyl (C=O) groups is 2. The summed E-state index contributed by atoms with van der Waals surface area (Å²) in [6, 6.07) is 5.80. The van der Waals surface area contributed by atoms with E-state index in [-0.39, 0.29) is 21.7 Å². The van der Waals surface area contributed by atoms with E-state index in [0.717, 1.165) is 24.2 Å². The lowest BCUT2D eigenvalue weighted by Gasteiger charge is -2.15. The van der Waals surface area contributed by atoms with E-state index in [1.807, 2.05) is 0 Å². The molecule has 0 radical (unpaired) electrons. The number of amides is 1. The fraction of sp³-hybridized carbons (Fsp3) is 0.412. The Morgan fingerprint density at radius 2 is 1.90 bits per heavy atom. The molecule has 1 aliphatic rings. The fourth-order valence-electron chi connectivity index (χ4n) is 2.67. The predicted molar refractivity (Wildman–Crippen MR) is 110 cm³/mol. The molecular weight excluding hydrogens is 436 g/mol. The Hall–Kier alpha value is -2.02. The van der Waals surface area contributed by atoms with Crippen LogP contribution in [-0.2, 0) is 19.6 Å². The van der Waals surface area contributed by atoms with Crippen molar-refractivity contribution < 1.29 is 22.7 Å². The summed E-state index contributed by atoms with van der Waals surface area (Å²) < 4.78 is 31.9. The molecule has 2 aromatic rings. The Balaban J connectivity index is 1.59. The van der Waals surface area contributed by atoms with Crippen LogP contribution in [0.15, 0.2) is 33.5 Å². The highest BCUT2D eigenvalue weighted by Gasteiger charge is 2.27. The molecule has 3 rings (SSSR count). The number of benzene rings is 1. The molecule has 0 atom stereocenters. The van der Waals surface area contributed by atoms with Crippen molar-refractivity contribution in [2.75, 3.05) is 30.8 Å². The molecule has 2 heterocycles. The zero-order chi connectivity index (χ0) is 20.9. The molecule has 0 saturated carbocycles. The summed E-state index contributed by atoms with van der Waals surface area (Å²) in [5.41, 5.74) is 0.307. The molecule has 1 N–H and O–H groups in total. The van der Waals surface area contributed by atoms with Gasteiger partial charge in [-0.2, -0.15) is 4.31 Å². The molecule has 29 heavy (non-hydrogen) atoms. The lowest BCUT2D eigenvalue weighted by molar-refractivity contribution is -0.139. The van der Waals surface area contributed by atoms with Crippen molar-refractivity contribution in [2.45, 2.75) is 29.0 Å². The normalized spacial score (nSPS) is 14.7. The topological polar surface area (TPSA) is 119 Å². The highest BCUT2D eigenvalue weighted by Crippen LogP contribution is 2.26. The Bertz CT molecular complexity index is 969. The van der Waals surface area contributed by atoms with Crippen LogP contribution < -0.4 is 5.32 Å². The number of anilines is 1. The highest BCUT2D eigenvalue weighted by molar-refractivity contribution is 8.01. The Kier molecular flexibility index (Phi) is 7.22. The van der Waals surface area contributed by atoms with E-state index >= 15 is 0 Å². The van der Waals surface area contributed by atoms with Crippen LogP contribution in [0.1, 0.15) is 30.1 Å². The van der Waals surface area contributed by atoms with Gasteiger partial charge in [-0.15, -0.1) is 10.2 Å². The van der Waals surface area contributed by atoms with E-state index in [4.69, 9.17) is 4.74 Å². The summed E-state index contributed by atoms with van der Waals surface area (Å²) in [6.07, 6.45) is 1.73. The number of sulfonamides is 1. The van der Waals surface area contributed by atoms with Gasteiger partial charge in [-0.25, -0.2) is 8.42 Å². The second-order valence-corrected chi connectivity index (χ2v) is 10.2. The first-order valence-corrected chi connectivity index (χ1v) is 12.2. The lowest BCUT2D eigenvalue weighted by atomic mass is 10.2. The van der Waals surface area contributed by atoms with E-state index in [2.05, 4.69) is 15.5 Å². The van der Waals surface area contributed by atoms with Gasteiger partial charge in [0.25, 0.3) is 5.91 Å². The molecule has 1 saturated heterocycles. The molecular formula is C17H20N4O5S3. The molecule has 1 aromatic carbocycles. The maximum atomic E-state index is 12.5. The number of nitrogens with zero attached hydrogens (tertiary/aromatic N) is 3. The van der Waals surface area contributed by atoms with E-state index in [1.165, 1.54) is 40.3 Å². The van der Waals surface area contributed by atoms with Crippen LogP contribution in [0.25, 0.3) is 0 Å². The van der Waals surface area contributed by atoms with Crippen molar-refractivity contribution in [3.05, 3.63) is 29.8 Å².